The van der Waals surface area contributed by atoms with Crippen molar-refractivity contribution in [2.75, 3.05) is 40.0 Å². The monoisotopic (exact) mass is 423 g/mol. The van der Waals surface area contributed by atoms with Crippen LogP contribution in [0.3, 0.4) is 0 Å². The molecular weight excluding hydrogens is 398 g/mol. The Balaban J connectivity index is 1.36. The van der Waals surface area contributed by atoms with Gasteiger partial charge in [-0.3, -0.25) is 0 Å². The Kier molecular flexibility index (Phi) is 5.74. The molecule has 2 aliphatic rings. The summed E-state index contributed by atoms with van der Waals surface area (Å²) in [6.07, 6.45) is 3.48. The second-order valence-electron chi connectivity index (χ2n) is 7.19. The lowest BCUT2D eigenvalue weighted by Crippen LogP contribution is -2.52. The Bertz CT molecular complexity index is 928. The van der Waals surface area contributed by atoms with Gasteiger partial charge in [-0.1, -0.05) is 0 Å². The quantitative estimate of drug-likeness (QED) is 0.590. The lowest BCUT2D eigenvalue weighted by Gasteiger charge is -2.33. The van der Waals surface area contributed by atoms with E-state index in [0.717, 1.165) is 18.8 Å². The van der Waals surface area contributed by atoms with E-state index in [1.807, 2.05) is 24.3 Å². The van der Waals surface area contributed by atoms with Crippen molar-refractivity contribution in [3.05, 3.63) is 36.7 Å². The summed E-state index contributed by atoms with van der Waals surface area (Å²) in [7, 11) is -2.02. The van der Waals surface area contributed by atoms with Gasteiger partial charge in [0, 0.05) is 38.7 Å². The maximum absolute atomic E-state index is 12.5. The van der Waals surface area contributed by atoms with Crippen LogP contribution in [-0.2, 0) is 14.9 Å². The molecule has 0 bridgehead atoms. The highest BCUT2D eigenvalue weighted by Crippen LogP contribution is 2.21. The molecule has 0 saturated carbocycles. The fraction of sp³-hybridized carbons (Fsp3) is 0.500. The van der Waals surface area contributed by atoms with Crippen molar-refractivity contribution in [2.24, 2.45) is 5.92 Å². The summed E-state index contributed by atoms with van der Waals surface area (Å²) in [5.74, 6) is 0.669. The highest BCUT2D eigenvalue weighted by atomic mass is 32.2. The zero-order chi connectivity index (χ0) is 20.4. The molecule has 4 rings (SSSR count). The van der Waals surface area contributed by atoms with Gasteiger partial charge in [0.2, 0.25) is 0 Å². The zero-order valence-corrected chi connectivity index (χ0v) is 17.0. The average Bonchev–Trinajstić information content (AvgIpc) is 3.47. The van der Waals surface area contributed by atoms with Crippen molar-refractivity contribution < 1.29 is 23.0 Å². The van der Waals surface area contributed by atoms with Crippen molar-refractivity contribution in [3.63, 3.8) is 0 Å². The van der Waals surface area contributed by atoms with Crippen molar-refractivity contribution in [1.29, 1.82) is 0 Å². The molecule has 0 spiro atoms. The number of nitrogens with zero attached hydrogens (tertiary/aromatic N) is 4. The van der Waals surface area contributed by atoms with Crippen LogP contribution in [0.2, 0.25) is 0 Å². The van der Waals surface area contributed by atoms with Crippen LogP contribution in [0.25, 0.3) is 5.69 Å². The van der Waals surface area contributed by atoms with Gasteiger partial charge in [0.05, 0.1) is 31.3 Å². The molecule has 29 heavy (non-hydrogen) atoms. The first-order valence-corrected chi connectivity index (χ1v) is 10.9. The molecule has 0 radical (unpaired) electrons. The van der Waals surface area contributed by atoms with Crippen LogP contribution in [-0.4, -0.2) is 78.7 Å². The summed E-state index contributed by atoms with van der Waals surface area (Å²) in [6, 6.07) is 7.04. The molecule has 2 saturated heterocycles. The molecule has 2 N–H and O–H groups in total. The summed E-state index contributed by atoms with van der Waals surface area (Å²) in [5.41, 5.74) is 0.794. The van der Waals surface area contributed by atoms with Crippen molar-refractivity contribution in [2.45, 2.75) is 12.5 Å². The summed E-state index contributed by atoms with van der Waals surface area (Å²) in [4.78, 5) is 0. The smallest absolute Gasteiger partial charge is 0.292 e. The van der Waals surface area contributed by atoms with Gasteiger partial charge in [0.25, 0.3) is 10.2 Å². The molecule has 158 valence electrons. The van der Waals surface area contributed by atoms with Gasteiger partial charge in [-0.25, -0.2) is 9.69 Å². The normalized spacial score (nSPS) is 22.7. The Hall–Kier alpha value is -2.18. The van der Waals surface area contributed by atoms with Gasteiger partial charge in [0.1, 0.15) is 5.75 Å². The van der Waals surface area contributed by atoms with Crippen LogP contribution in [0.15, 0.2) is 36.7 Å². The van der Waals surface area contributed by atoms with E-state index in [-0.39, 0.29) is 17.7 Å². The molecule has 1 unspecified atom stereocenters. The van der Waals surface area contributed by atoms with Crippen LogP contribution in [0, 0.1) is 5.92 Å². The molecule has 0 amide bonds. The Labute approximate surface area is 169 Å². The molecule has 1 aromatic heterocycles. The Morgan fingerprint density at radius 2 is 2.10 bits per heavy atom. The lowest BCUT2D eigenvalue weighted by atomic mass is 9.98. The molecule has 11 heteroatoms. The van der Waals surface area contributed by atoms with E-state index in [2.05, 4.69) is 9.82 Å². The minimum Gasteiger partial charge on any atom is -0.505 e. The minimum atomic E-state index is -3.58. The first-order chi connectivity index (χ1) is 13.9. The molecule has 0 aliphatic carbocycles. The van der Waals surface area contributed by atoms with Gasteiger partial charge in [0.15, 0.2) is 5.75 Å². The van der Waals surface area contributed by atoms with E-state index >= 15 is 0 Å². The number of nitrogens with one attached hydrogen (secondary N) is 1. The number of hydrogen-bond acceptors (Lipinski definition) is 7. The second kappa shape index (κ2) is 8.28. The van der Waals surface area contributed by atoms with E-state index in [1.165, 1.54) is 16.8 Å². The minimum absolute atomic E-state index is 0.0936. The lowest BCUT2D eigenvalue weighted by molar-refractivity contribution is 0.0179. The first-order valence-electron chi connectivity index (χ1n) is 9.48. The van der Waals surface area contributed by atoms with E-state index in [1.54, 1.807) is 16.7 Å². The third-order valence-electron chi connectivity index (χ3n) is 5.08. The predicted octanol–water partition coefficient (Wildman–Crippen LogP) is 0.359. The Morgan fingerprint density at radius 3 is 2.76 bits per heavy atom. The fourth-order valence-corrected chi connectivity index (χ4v) is 4.53. The van der Waals surface area contributed by atoms with Crippen molar-refractivity contribution in [3.8, 4) is 17.2 Å². The highest BCUT2D eigenvalue weighted by Gasteiger charge is 2.36. The average molecular weight is 423 g/mol. The first kappa shape index (κ1) is 20.1. The van der Waals surface area contributed by atoms with E-state index in [4.69, 9.17) is 9.47 Å². The molecule has 2 aromatic rings. The number of hydrazine groups is 1. The molecule has 3 heterocycles. The molecule has 1 aromatic carbocycles. The molecular formula is C18H25N5O5S. The van der Waals surface area contributed by atoms with Crippen LogP contribution in [0.1, 0.15) is 6.42 Å². The summed E-state index contributed by atoms with van der Waals surface area (Å²) in [5, 5.41) is 15.2. The van der Waals surface area contributed by atoms with Crippen molar-refractivity contribution >= 4 is 10.2 Å². The number of aromatic nitrogens is 2. The fourth-order valence-electron chi connectivity index (χ4n) is 3.22. The largest absolute Gasteiger partial charge is 0.505 e. The van der Waals surface area contributed by atoms with Crippen LogP contribution >= 0.6 is 0 Å². The number of hydrogen-bond donors (Lipinski definition) is 2. The summed E-state index contributed by atoms with van der Waals surface area (Å²) >= 11 is 0. The third kappa shape index (κ3) is 4.87. The maximum Gasteiger partial charge on any atom is 0.292 e. The number of ether oxygens (including phenoxy) is 2. The van der Waals surface area contributed by atoms with E-state index in [0.29, 0.717) is 32.0 Å². The zero-order valence-electron chi connectivity index (χ0n) is 16.1. The van der Waals surface area contributed by atoms with Gasteiger partial charge in [-0.15, -0.1) is 4.41 Å². The van der Waals surface area contributed by atoms with Gasteiger partial charge >= 0.3 is 0 Å². The number of aromatic hydroxyl groups is 1. The van der Waals surface area contributed by atoms with Gasteiger partial charge in [-0.2, -0.15) is 18.2 Å². The van der Waals surface area contributed by atoms with Crippen LogP contribution < -0.4 is 9.46 Å². The SMILES string of the molecule is CN(N1CC1)S(=O)(=O)NC1CCOC[C@@H]1COc1ccc(-n2cc(O)cn2)cc1. The summed E-state index contributed by atoms with van der Waals surface area (Å²) < 4.78 is 42.1. The van der Waals surface area contributed by atoms with Crippen LogP contribution in [0.5, 0.6) is 11.5 Å². The molecule has 10 nitrogen and oxygen atoms in total. The van der Waals surface area contributed by atoms with Gasteiger partial charge < -0.3 is 14.6 Å². The van der Waals surface area contributed by atoms with Crippen molar-refractivity contribution in [1.82, 2.24) is 23.9 Å². The standard InChI is InChI=1S/C18H25N5O5S/c1-21(22-7-8-22)29(25,26)20-18-6-9-27-12-14(18)13-28-17-4-2-15(3-5-17)23-11-16(24)10-19-23/h2-5,10-11,14,18,20,24H,6-9,12-13H2,1H3/t14-,18?/m1/s1. The van der Waals surface area contributed by atoms with Gasteiger partial charge in [-0.05, 0) is 30.7 Å². The van der Waals surface area contributed by atoms with E-state index in [9.17, 15) is 13.5 Å². The highest BCUT2D eigenvalue weighted by molar-refractivity contribution is 7.87. The molecule has 2 atom stereocenters. The van der Waals surface area contributed by atoms with Crippen LogP contribution in [0.4, 0.5) is 0 Å². The number of rotatable bonds is 8. The topological polar surface area (TPSA) is 109 Å². The van der Waals surface area contributed by atoms with E-state index < -0.39 is 10.2 Å². The maximum atomic E-state index is 12.5. The third-order valence-corrected chi connectivity index (χ3v) is 6.61. The second-order valence-corrected chi connectivity index (χ2v) is 8.90. The summed E-state index contributed by atoms with van der Waals surface area (Å²) in [6.45, 7) is 2.80. The molecule has 2 aliphatic heterocycles. The number of benzene rings is 1. The molecule has 2 fully saturated rings. The predicted molar refractivity (Wildman–Crippen MR) is 105 cm³/mol. The Morgan fingerprint density at radius 1 is 1.34 bits per heavy atom.